The van der Waals surface area contributed by atoms with Crippen LogP contribution in [0.5, 0.6) is 0 Å². The molecular formula is C13H24N2O2S. The van der Waals surface area contributed by atoms with Crippen molar-refractivity contribution in [3.63, 3.8) is 0 Å². The van der Waals surface area contributed by atoms with Crippen LogP contribution in [0, 0.1) is 0 Å². The molecule has 104 valence electrons. The number of carbonyl (C=O) groups excluding carboxylic acids is 2. The molecular weight excluding hydrogens is 248 g/mol. The van der Waals surface area contributed by atoms with E-state index in [1.165, 1.54) is 18.2 Å². The molecule has 5 heteroatoms. The molecule has 2 atom stereocenters. The molecule has 0 aliphatic carbocycles. The summed E-state index contributed by atoms with van der Waals surface area (Å²) in [6.07, 6.45) is 5.74. The van der Waals surface area contributed by atoms with Crippen LogP contribution >= 0.6 is 11.8 Å². The Labute approximate surface area is 114 Å². The van der Waals surface area contributed by atoms with Crippen LogP contribution in [0.15, 0.2) is 0 Å². The monoisotopic (exact) mass is 272 g/mol. The third-order valence-electron chi connectivity index (χ3n) is 3.48. The SMILES string of the molecule is CS[C@@H](C)C(=O)NCCC(=O)N1CCCC[C@H]1C. The van der Waals surface area contributed by atoms with Crippen LogP contribution in [0.25, 0.3) is 0 Å². The second-order valence-electron chi connectivity index (χ2n) is 4.85. The highest BCUT2D eigenvalue weighted by atomic mass is 32.2. The molecule has 0 aromatic carbocycles. The summed E-state index contributed by atoms with van der Waals surface area (Å²) in [5.41, 5.74) is 0. The first-order valence-electron chi connectivity index (χ1n) is 6.66. The van der Waals surface area contributed by atoms with E-state index < -0.39 is 0 Å². The Kier molecular flexibility index (Phi) is 6.54. The highest BCUT2D eigenvalue weighted by Gasteiger charge is 2.22. The number of nitrogens with zero attached hydrogens (tertiary/aromatic N) is 1. The van der Waals surface area contributed by atoms with Crippen LogP contribution in [0.1, 0.15) is 39.5 Å². The van der Waals surface area contributed by atoms with Gasteiger partial charge in [-0.2, -0.15) is 11.8 Å². The normalized spacial score (nSPS) is 21.5. The van der Waals surface area contributed by atoms with Crippen LogP contribution < -0.4 is 5.32 Å². The Morgan fingerprint density at radius 1 is 1.44 bits per heavy atom. The summed E-state index contributed by atoms with van der Waals surface area (Å²) in [6.45, 7) is 5.29. The van der Waals surface area contributed by atoms with Gasteiger partial charge in [-0.25, -0.2) is 0 Å². The van der Waals surface area contributed by atoms with Gasteiger partial charge in [0.15, 0.2) is 0 Å². The smallest absolute Gasteiger partial charge is 0.232 e. The maximum Gasteiger partial charge on any atom is 0.232 e. The fourth-order valence-corrected chi connectivity index (χ4v) is 2.45. The lowest BCUT2D eigenvalue weighted by atomic mass is 10.0. The molecule has 2 amide bonds. The van der Waals surface area contributed by atoms with E-state index in [-0.39, 0.29) is 17.1 Å². The summed E-state index contributed by atoms with van der Waals surface area (Å²) in [4.78, 5) is 25.5. The molecule has 0 spiro atoms. The number of nitrogens with one attached hydrogen (secondary N) is 1. The quantitative estimate of drug-likeness (QED) is 0.828. The number of hydrogen-bond donors (Lipinski definition) is 1. The zero-order valence-corrected chi connectivity index (χ0v) is 12.4. The first-order chi connectivity index (χ1) is 8.56. The summed E-state index contributed by atoms with van der Waals surface area (Å²) >= 11 is 1.51. The second-order valence-corrected chi connectivity index (χ2v) is 6.03. The van der Waals surface area contributed by atoms with Crippen molar-refractivity contribution in [1.29, 1.82) is 0 Å². The fraction of sp³-hybridized carbons (Fsp3) is 0.846. The minimum atomic E-state index is -0.0472. The predicted octanol–water partition coefficient (Wildman–Crippen LogP) is 1.65. The molecule has 1 rings (SSSR count). The average Bonchev–Trinajstić information content (AvgIpc) is 2.37. The molecule has 4 nitrogen and oxygen atoms in total. The number of carbonyl (C=O) groups is 2. The van der Waals surface area contributed by atoms with Crippen LogP contribution in [0.4, 0.5) is 0 Å². The number of thioether (sulfide) groups is 1. The first kappa shape index (κ1) is 15.3. The lowest BCUT2D eigenvalue weighted by molar-refractivity contribution is -0.134. The van der Waals surface area contributed by atoms with Gasteiger partial charge in [0, 0.05) is 25.6 Å². The van der Waals surface area contributed by atoms with Gasteiger partial charge in [0.1, 0.15) is 0 Å². The van der Waals surface area contributed by atoms with E-state index in [9.17, 15) is 9.59 Å². The van der Waals surface area contributed by atoms with Crippen LogP contribution in [0.3, 0.4) is 0 Å². The van der Waals surface area contributed by atoms with E-state index in [0.29, 0.717) is 19.0 Å². The summed E-state index contributed by atoms with van der Waals surface area (Å²) in [6, 6.07) is 0.354. The van der Waals surface area contributed by atoms with Gasteiger partial charge < -0.3 is 10.2 Å². The number of amides is 2. The van der Waals surface area contributed by atoms with E-state index in [1.807, 2.05) is 18.1 Å². The molecule has 1 N–H and O–H groups in total. The third-order valence-corrected chi connectivity index (χ3v) is 4.41. The van der Waals surface area contributed by atoms with Crippen molar-refractivity contribution < 1.29 is 9.59 Å². The second kappa shape index (κ2) is 7.67. The summed E-state index contributed by atoms with van der Waals surface area (Å²) < 4.78 is 0. The summed E-state index contributed by atoms with van der Waals surface area (Å²) in [7, 11) is 0. The number of rotatable bonds is 5. The summed E-state index contributed by atoms with van der Waals surface area (Å²) in [5, 5.41) is 2.76. The van der Waals surface area contributed by atoms with E-state index in [2.05, 4.69) is 12.2 Å². The third kappa shape index (κ3) is 4.52. The first-order valence-corrected chi connectivity index (χ1v) is 7.95. The molecule has 1 aliphatic heterocycles. The standard InChI is InChI=1S/C13H24N2O2S/c1-10-6-4-5-9-15(10)12(16)7-8-14-13(17)11(2)18-3/h10-11H,4-9H2,1-3H3,(H,14,17)/t10-,11+/m1/s1. The Morgan fingerprint density at radius 2 is 2.17 bits per heavy atom. The largest absolute Gasteiger partial charge is 0.355 e. The Hall–Kier alpha value is -0.710. The Balaban J connectivity index is 2.26. The fourth-order valence-electron chi connectivity index (χ4n) is 2.16. The Bertz CT molecular complexity index is 297. The number of hydrogen-bond acceptors (Lipinski definition) is 3. The molecule has 18 heavy (non-hydrogen) atoms. The van der Waals surface area contributed by atoms with E-state index in [1.54, 1.807) is 0 Å². The van der Waals surface area contributed by atoms with Crippen molar-refractivity contribution in [3.8, 4) is 0 Å². The maximum atomic E-state index is 12.0. The van der Waals surface area contributed by atoms with E-state index in [4.69, 9.17) is 0 Å². The molecule has 0 aromatic heterocycles. The number of piperidine rings is 1. The van der Waals surface area contributed by atoms with Gasteiger partial charge in [-0.05, 0) is 39.4 Å². The zero-order valence-electron chi connectivity index (χ0n) is 11.6. The van der Waals surface area contributed by atoms with Crippen LogP contribution in [-0.2, 0) is 9.59 Å². The van der Waals surface area contributed by atoms with Crippen LogP contribution in [0.2, 0.25) is 0 Å². The minimum Gasteiger partial charge on any atom is -0.355 e. The van der Waals surface area contributed by atoms with Gasteiger partial charge in [-0.3, -0.25) is 9.59 Å². The van der Waals surface area contributed by atoms with Gasteiger partial charge in [0.2, 0.25) is 11.8 Å². The molecule has 1 heterocycles. The summed E-state index contributed by atoms with van der Waals surface area (Å²) in [5.74, 6) is 0.182. The van der Waals surface area contributed by atoms with Crippen molar-refractivity contribution in [2.75, 3.05) is 19.3 Å². The van der Waals surface area contributed by atoms with Crippen molar-refractivity contribution in [2.24, 2.45) is 0 Å². The molecule has 0 saturated carbocycles. The lowest BCUT2D eigenvalue weighted by Gasteiger charge is -2.33. The highest BCUT2D eigenvalue weighted by Crippen LogP contribution is 2.17. The van der Waals surface area contributed by atoms with E-state index in [0.717, 1.165) is 19.4 Å². The van der Waals surface area contributed by atoms with Crippen LogP contribution in [-0.4, -0.2) is 47.4 Å². The van der Waals surface area contributed by atoms with Crippen molar-refractivity contribution in [3.05, 3.63) is 0 Å². The van der Waals surface area contributed by atoms with Crippen molar-refractivity contribution in [2.45, 2.75) is 50.8 Å². The van der Waals surface area contributed by atoms with Gasteiger partial charge >= 0.3 is 0 Å². The molecule has 1 aliphatic rings. The number of likely N-dealkylation sites (tertiary alicyclic amines) is 1. The molecule has 0 radical (unpaired) electrons. The Morgan fingerprint density at radius 3 is 2.78 bits per heavy atom. The minimum absolute atomic E-state index is 0.0157. The van der Waals surface area contributed by atoms with Crippen molar-refractivity contribution in [1.82, 2.24) is 10.2 Å². The maximum absolute atomic E-state index is 12.0. The van der Waals surface area contributed by atoms with Gasteiger partial charge in [-0.15, -0.1) is 0 Å². The zero-order chi connectivity index (χ0) is 13.5. The predicted molar refractivity (Wildman–Crippen MR) is 75.6 cm³/mol. The molecule has 0 bridgehead atoms. The van der Waals surface area contributed by atoms with Gasteiger partial charge in [0.05, 0.1) is 5.25 Å². The highest BCUT2D eigenvalue weighted by molar-refractivity contribution is 7.99. The average molecular weight is 272 g/mol. The molecule has 0 unspecified atom stereocenters. The topological polar surface area (TPSA) is 49.4 Å². The van der Waals surface area contributed by atoms with E-state index >= 15 is 0 Å². The van der Waals surface area contributed by atoms with Gasteiger partial charge in [-0.1, -0.05) is 0 Å². The molecule has 0 aromatic rings. The lowest BCUT2D eigenvalue weighted by Crippen LogP contribution is -2.43. The molecule has 1 fully saturated rings. The molecule has 1 saturated heterocycles. The van der Waals surface area contributed by atoms with Crippen molar-refractivity contribution >= 4 is 23.6 Å². The van der Waals surface area contributed by atoms with Gasteiger partial charge in [0.25, 0.3) is 0 Å².